The molecule has 1 N–H and O–H groups in total. The summed E-state index contributed by atoms with van der Waals surface area (Å²) in [5.41, 5.74) is 3.13. The Morgan fingerprint density at radius 2 is 1.78 bits per heavy atom. The molecule has 5 heteroatoms. The number of methoxy groups -OCH3 is 1. The molecule has 1 heterocycles. The smallest absolute Gasteiger partial charge is 0.339 e. The maximum Gasteiger partial charge on any atom is 0.339 e. The van der Waals surface area contributed by atoms with Gasteiger partial charge in [-0.1, -0.05) is 18.2 Å². The van der Waals surface area contributed by atoms with Crippen LogP contribution < -0.4 is 4.90 Å². The summed E-state index contributed by atoms with van der Waals surface area (Å²) in [4.78, 5) is 29.6. The Kier molecular flexibility index (Phi) is 4.89. The van der Waals surface area contributed by atoms with E-state index < -0.39 is 5.97 Å². The van der Waals surface area contributed by atoms with Gasteiger partial charge in [0.05, 0.1) is 24.4 Å². The van der Waals surface area contributed by atoms with Crippen molar-refractivity contribution in [2.45, 2.75) is 26.8 Å². The Labute approximate surface area is 136 Å². The number of anilines is 1. The van der Waals surface area contributed by atoms with Crippen molar-refractivity contribution in [3.05, 3.63) is 52.8 Å². The first kappa shape index (κ1) is 16.8. The molecule has 1 aromatic carbocycles. The molecule has 1 aromatic heterocycles. The third-order valence-corrected chi connectivity index (χ3v) is 4.20. The summed E-state index contributed by atoms with van der Waals surface area (Å²) < 4.78 is 4.79. The third-order valence-electron chi connectivity index (χ3n) is 4.20. The number of esters is 1. The highest BCUT2D eigenvalue weighted by atomic mass is 16.5. The lowest BCUT2D eigenvalue weighted by Crippen LogP contribution is -2.36. The summed E-state index contributed by atoms with van der Waals surface area (Å²) in [6.07, 6.45) is 0. The van der Waals surface area contributed by atoms with Gasteiger partial charge in [0, 0.05) is 18.4 Å². The molecule has 0 saturated carbocycles. The number of carbonyl (C=O) groups is 2. The molecule has 2 rings (SSSR count). The number of Topliss-reactive ketones (excluding diaryl/α,β-unsaturated/α-hetero) is 1. The molecule has 0 saturated heterocycles. The fourth-order valence-corrected chi connectivity index (χ4v) is 2.68. The van der Waals surface area contributed by atoms with Crippen LogP contribution in [0.1, 0.15) is 39.0 Å². The molecule has 1 atom stereocenters. The van der Waals surface area contributed by atoms with E-state index >= 15 is 0 Å². The minimum Gasteiger partial charge on any atom is -0.465 e. The first-order chi connectivity index (χ1) is 10.9. The summed E-state index contributed by atoms with van der Waals surface area (Å²) in [5.74, 6) is -0.494. The molecule has 0 aliphatic heterocycles. The van der Waals surface area contributed by atoms with Gasteiger partial charge in [0.2, 0.25) is 5.78 Å². The Balaban J connectivity index is 2.32. The number of carbonyl (C=O) groups excluding carboxylic acids is 2. The number of rotatable bonds is 5. The van der Waals surface area contributed by atoms with Gasteiger partial charge in [0.15, 0.2) is 0 Å². The molecule has 2 aromatic rings. The maximum absolute atomic E-state index is 12.8. The highest BCUT2D eigenvalue weighted by Crippen LogP contribution is 2.22. The summed E-state index contributed by atoms with van der Waals surface area (Å²) in [7, 11) is 3.21. The van der Waals surface area contributed by atoms with Crippen LogP contribution in [0, 0.1) is 13.8 Å². The largest absolute Gasteiger partial charge is 0.465 e. The number of aryl methyl sites for hydroxylation is 1. The second kappa shape index (κ2) is 6.69. The van der Waals surface area contributed by atoms with Crippen LogP contribution in [0.15, 0.2) is 30.3 Å². The lowest BCUT2D eigenvalue weighted by Gasteiger charge is -2.25. The van der Waals surface area contributed by atoms with Crippen molar-refractivity contribution >= 4 is 17.4 Å². The van der Waals surface area contributed by atoms with E-state index in [2.05, 4.69) is 4.98 Å². The van der Waals surface area contributed by atoms with Crippen molar-refractivity contribution in [3.63, 3.8) is 0 Å². The molecule has 0 bridgehead atoms. The van der Waals surface area contributed by atoms with Gasteiger partial charge in [-0.2, -0.15) is 0 Å². The van der Waals surface area contributed by atoms with Gasteiger partial charge in [0.25, 0.3) is 0 Å². The van der Waals surface area contributed by atoms with E-state index in [-0.39, 0.29) is 11.8 Å². The first-order valence-electron chi connectivity index (χ1n) is 7.48. The fourth-order valence-electron chi connectivity index (χ4n) is 2.68. The van der Waals surface area contributed by atoms with Crippen LogP contribution in [0.5, 0.6) is 0 Å². The molecule has 0 aliphatic rings. The van der Waals surface area contributed by atoms with Crippen molar-refractivity contribution in [2.24, 2.45) is 0 Å². The number of aromatic nitrogens is 1. The number of nitrogens with one attached hydrogen (secondary N) is 1. The van der Waals surface area contributed by atoms with E-state index in [0.717, 1.165) is 5.69 Å². The number of ketones is 1. The van der Waals surface area contributed by atoms with Crippen LogP contribution in [0.2, 0.25) is 0 Å². The van der Waals surface area contributed by atoms with Gasteiger partial charge >= 0.3 is 5.97 Å². The maximum atomic E-state index is 12.8. The molecule has 5 nitrogen and oxygen atoms in total. The summed E-state index contributed by atoms with van der Waals surface area (Å²) in [5, 5.41) is 0. The number of ether oxygens (including phenoxy) is 1. The zero-order valence-corrected chi connectivity index (χ0v) is 14.1. The molecule has 0 aliphatic carbocycles. The number of hydrogen-bond acceptors (Lipinski definition) is 4. The standard InChI is InChI=1S/C18H22N2O3/c1-11-15(18(22)23-5)12(2)19-16(11)17(21)13(3)20(4)14-9-7-6-8-10-14/h6-10,13,19H,1-5H3. The SMILES string of the molecule is COC(=O)c1c(C)[nH]c(C(=O)C(C)N(C)c2ccccc2)c1C. The normalized spacial score (nSPS) is 11.9. The van der Waals surface area contributed by atoms with E-state index in [1.54, 1.807) is 13.8 Å². The summed E-state index contributed by atoms with van der Waals surface area (Å²) in [6.45, 7) is 5.38. The van der Waals surface area contributed by atoms with Crippen molar-refractivity contribution in [1.82, 2.24) is 4.98 Å². The number of H-pyrrole nitrogens is 1. The molecule has 23 heavy (non-hydrogen) atoms. The van der Waals surface area contributed by atoms with Gasteiger partial charge in [-0.25, -0.2) is 4.79 Å². The molecular formula is C18H22N2O3. The van der Waals surface area contributed by atoms with E-state index in [9.17, 15) is 9.59 Å². The summed E-state index contributed by atoms with van der Waals surface area (Å²) in [6, 6.07) is 9.35. The average molecular weight is 314 g/mol. The van der Waals surface area contributed by atoms with Crippen molar-refractivity contribution in [3.8, 4) is 0 Å². The highest BCUT2D eigenvalue weighted by molar-refractivity contribution is 6.04. The zero-order chi connectivity index (χ0) is 17.1. The number of hydrogen-bond donors (Lipinski definition) is 1. The second-order valence-corrected chi connectivity index (χ2v) is 5.60. The minimum absolute atomic E-state index is 0.0629. The van der Waals surface area contributed by atoms with Crippen molar-refractivity contribution in [2.75, 3.05) is 19.1 Å². The number of likely N-dealkylation sites (N-methyl/N-ethyl adjacent to an activating group) is 1. The van der Waals surface area contributed by atoms with E-state index in [0.29, 0.717) is 22.5 Å². The molecule has 0 spiro atoms. The monoisotopic (exact) mass is 314 g/mol. The number of nitrogens with zero attached hydrogens (tertiary/aromatic N) is 1. The number of para-hydroxylation sites is 1. The van der Waals surface area contributed by atoms with Crippen LogP contribution in [-0.2, 0) is 4.74 Å². The third kappa shape index (κ3) is 3.13. The number of benzene rings is 1. The molecule has 122 valence electrons. The Morgan fingerprint density at radius 3 is 2.35 bits per heavy atom. The van der Waals surface area contributed by atoms with Crippen LogP contribution >= 0.6 is 0 Å². The van der Waals surface area contributed by atoms with Gasteiger partial charge in [0.1, 0.15) is 0 Å². The van der Waals surface area contributed by atoms with E-state index in [1.165, 1.54) is 7.11 Å². The van der Waals surface area contributed by atoms with Crippen LogP contribution in [0.3, 0.4) is 0 Å². The van der Waals surface area contributed by atoms with Crippen LogP contribution in [-0.4, -0.2) is 36.9 Å². The van der Waals surface area contributed by atoms with Crippen molar-refractivity contribution < 1.29 is 14.3 Å². The van der Waals surface area contributed by atoms with E-state index in [1.807, 2.05) is 49.2 Å². The Bertz CT molecular complexity index is 719. The average Bonchev–Trinajstić information content (AvgIpc) is 2.87. The lowest BCUT2D eigenvalue weighted by atomic mass is 10.0. The predicted molar refractivity (Wildman–Crippen MR) is 90.2 cm³/mol. The first-order valence-corrected chi connectivity index (χ1v) is 7.48. The quantitative estimate of drug-likeness (QED) is 0.680. The highest BCUT2D eigenvalue weighted by Gasteiger charge is 2.27. The van der Waals surface area contributed by atoms with E-state index in [4.69, 9.17) is 4.74 Å². The van der Waals surface area contributed by atoms with Gasteiger partial charge in [-0.05, 0) is 38.5 Å². The van der Waals surface area contributed by atoms with Gasteiger partial charge in [-0.15, -0.1) is 0 Å². The van der Waals surface area contributed by atoms with Gasteiger partial charge in [-0.3, -0.25) is 4.79 Å². The number of aromatic amines is 1. The Hall–Kier alpha value is -2.56. The molecular weight excluding hydrogens is 292 g/mol. The molecule has 1 unspecified atom stereocenters. The van der Waals surface area contributed by atoms with Gasteiger partial charge < -0.3 is 14.6 Å². The Morgan fingerprint density at radius 1 is 1.17 bits per heavy atom. The fraction of sp³-hybridized carbons (Fsp3) is 0.333. The topological polar surface area (TPSA) is 62.4 Å². The summed E-state index contributed by atoms with van der Waals surface area (Å²) >= 11 is 0. The molecule has 0 fully saturated rings. The minimum atomic E-state index is -0.431. The molecule has 0 amide bonds. The predicted octanol–water partition coefficient (Wildman–Crippen LogP) is 3.13. The lowest BCUT2D eigenvalue weighted by molar-refractivity contribution is 0.0599. The second-order valence-electron chi connectivity index (χ2n) is 5.60. The zero-order valence-electron chi connectivity index (χ0n) is 14.1. The van der Waals surface area contributed by atoms with Crippen molar-refractivity contribution in [1.29, 1.82) is 0 Å². The van der Waals surface area contributed by atoms with Crippen LogP contribution in [0.25, 0.3) is 0 Å². The molecule has 0 radical (unpaired) electrons. The van der Waals surface area contributed by atoms with Crippen LogP contribution in [0.4, 0.5) is 5.69 Å².